The summed E-state index contributed by atoms with van der Waals surface area (Å²) in [7, 11) is 1.50. The fourth-order valence-corrected chi connectivity index (χ4v) is 3.36. The highest BCUT2D eigenvalue weighted by atomic mass is 32.2. The normalized spacial score (nSPS) is 11.0. The van der Waals surface area contributed by atoms with Gasteiger partial charge in [0.15, 0.2) is 5.75 Å². The molecule has 2 N–H and O–H groups in total. The number of anilines is 2. The molecule has 0 spiro atoms. The zero-order valence-corrected chi connectivity index (χ0v) is 17.7. The second-order valence-electron chi connectivity index (χ2n) is 6.51. The summed E-state index contributed by atoms with van der Waals surface area (Å²) in [6.45, 7) is 0. The maximum Gasteiger partial charge on any atom is 0.446 e. The Morgan fingerprint density at radius 2 is 1.97 bits per heavy atom. The number of carbonyl (C=O) groups is 1. The average molecular weight is 469 g/mol. The zero-order valence-electron chi connectivity index (χ0n) is 16.9. The van der Waals surface area contributed by atoms with Crippen LogP contribution in [0.1, 0.15) is 10.5 Å². The van der Waals surface area contributed by atoms with E-state index in [0.29, 0.717) is 28.1 Å². The van der Waals surface area contributed by atoms with Crippen molar-refractivity contribution in [2.24, 2.45) is 0 Å². The molecule has 0 aliphatic rings. The lowest BCUT2D eigenvalue weighted by Crippen LogP contribution is -2.18. The molecule has 4 rings (SSSR count). The summed E-state index contributed by atoms with van der Waals surface area (Å²) in [6.07, 6.45) is 2.98. The third kappa shape index (κ3) is 5.81. The fourth-order valence-electron chi connectivity index (χ4n) is 2.76. The molecular formula is C22H14F3N5O2S. The number of thioether (sulfide) groups is 1. The molecule has 0 saturated carbocycles. The van der Waals surface area contributed by atoms with Crippen molar-refractivity contribution in [1.29, 1.82) is 0 Å². The van der Waals surface area contributed by atoms with Gasteiger partial charge in [0, 0.05) is 47.5 Å². The van der Waals surface area contributed by atoms with E-state index in [1.165, 1.54) is 43.7 Å². The number of nitrogens with one attached hydrogen (secondary N) is 2. The molecule has 0 bridgehead atoms. The van der Waals surface area contributed by atoms with Crippen LogP contribution in [0.25, 0.3) is 10.9 Å². The van der Waals surface area contributed by atoms with Crippen LogP contribution in [-0.4, -0.2) is 33.4 Å². The Labute approximate surface area is 190 Å². The number of hydrogen-bond acceptors (Lipinski definition) is 7. The van der Waals surface area contributed by atoms with Gasteiger partial charge < -0.3 is 15.4 Å². The van der Waals surface area contributed by atoms with E-state index in [-0.39, 0.29) is 34.2 Å². The minimum Gasteiger partial charge on any atom is -0.448 e. The molecule has 0 aliphatic heterocycles. The number of alkyl halides is 3. The van der Waals surface area contributed by atoms with E-state index >= 15 is 0 Å². The Balaban J connectivity index is 1.51. The number of nitrogens with zero attached hydrogens (tertiary/aromatic N) is 3. The summed E-state index contributed by atoms with van der Waals surface area (Å²) in [6, 6.07) is 16.3. The van der Waals surface area contributed by atoms with Crippen LogP contribution in [0.4, 0.5) is 24.8 Å². The van der Waals surface area contributed by atoms with E-state index in [0.717, 1.165) is 0 Å². The van der Waals surface area contributed by atoms with E-state index in [1.54, 1.807) is 18.2 Å². The minimum atomic E-state index is -4.37. The third-order valence-corrected chi connectivity index (χ3v) is 4.87. The van der Waals surface area contributed by atoms with Crippen LogP contribution >= 0.6 is 11.8 Å². The first-order chi connectivity index (χ1) is 15.8. The number of halogens is 3. The largest absolute Gasteiger partial charge is 0.448 e. The van der Waals surface area contributed by atoms with Crippen LogP contribution in [0.2, 0.25) is 0 Å². The topological polar surface area (TPSA) is 89.0 Å². The highest BCUT2D eigenvalue weighted by Gasteiger charge is 2.29. The first kappa shape index (κ1) is 22.2. The third-order valence-electron chi connectivity index (χ3n) is 4.15. The number of aromatic nitrogens is 3. The van der Waals surface area contributed by atoms with Crippen molar-refractivity contribution in [3.63, 3.8) is 0 Å². The van der Waals surface area contributed by atoms with Crippen LogP contribution in [0.3, 0.4) is 0 Å². The Kier molecular flexibility index (Phi) is 6.19. The molecule has 2 heterocycles. The second-order valence-corrected chi connectivity index (χ2v) is 7.65. The van der Waals surface area contributed by atoms with Crippen LogP contribution in [0.5, 0.6) is 11.5 Å². The SMILES string of the molecule is CNC(=O)c1cc(Oc2c#cc3nc(Nc4cccc(SC(F)(F)F)c4)ncc3c2)ccn1. The van der Waals surface area contributed by atoms with Crippen molar-refractivity contribution >= 4 is 40.2 Å². The number of ether oxygens (including phenoxy) is 1. The van der Waals surface area contributed by atoms with E-state index in [9.17, 15) is 18.0 Å². The zero-order chi connectivity index (χ0) is 23.4. The molecule has 4 aromatic rings. The van der Waals surface area contributed by atoms with Crippen LogP contribution in [-0.2, 0) is 0 Å². The van der Waals surface area contributed by atoms with E-state index in [1.807, 2.05) is 0 Å². The van der Waals surface area contributed by atoms with Gasteiger partial charge in [0.2, 0.25) is 5.95 Å². The maximum atomic E-state index is 12.6. The molecule has 2 aromatic carbocycles. The summed E-state index contributed by atoms with van der Waals surface area (Å²) in [5.41, 5.74) is -3.32. The Hall–Kier alpha value is -4.04. The molecular weight excluding hydrogens is 455 g/mol. The molecule has 0 unspecified atom stereocenters. The first-order valence-corrected chi connectivity index (χ1v) is 10.2. The number of fused-ring (bicyclic) bond motifs is 1. The van der Waals surface area contributed by atoms with Crippen molar-refractivity contribution in [2.45, 2.75) is 10.4 Å². The fraction of sp³-hybridized carbons (Fsp3) is 0.0909. The quantitative estimate of drug-likeness (QED) is 0.378. The predicted molar refractivity (Wildman–Crippen MR) is 117 cm³/mol. The van der Waals surface area contributed by atoms with Crippen molar-refractivity contribution in [1.82, 2.24) is 20.3 Å². The van der Waals surface area contributed by atoms with Gasteiger partial charge >= 0.3 is 5.51 Å². The predicted octanol–water partition coefficient (Wildman–Crippen LogP) is 5.13. The second kappa shape index (κ2) is 9.22. The van der Waals surface area contributed by atoms with Gasteiger partial charge in [-0.05, 0) is 48.2 Å². The molecule has 11 heteroatoms. The molecule has 166 valence electrons. The summed E-state index contributed by atoms with van der Waals surface area (Å²) in [4.78, 5) is 24.3. The summed E-state index contributed by atoms with van der Waals surface area (Å²) in [5, 5.41) is 5.98. The molecule has 0 fully saturated rings. The summed E-state index contributed by atoms with van der Waals surface area (Å²) < 4.78 is 43.5. The number of hydrogen-bond donors (Lipinski definition) is 2. The lowest BCUT2D eigenvalue weighted by atomic mass is 10.2. The summed E-state index contributed by atoms with van der Waals surface area (Å²) >= 11 is -0.198. The van der Waals surface area contributed by atoms with E-state index in [2.05, 4.69) is 37.7 Å². The van der Waals surface area contributed by atoms with Gasteiger partial charge in [0.25, 0.3) is 5.91 Å². The molecule has 0 saturated heterocycles. The number of amides is 1. The van der Waals surface area contributed by atoms with E-state index in [4.69, 9.17) is 4.74 Å². The lowest BCUT2D eigenvalue weighted by molar-refractivity contribution is -0.0328. The first-order valence-electron chi connectivity index (χ1n) is 9.39. The van der Waals surface area contributed by atoms with Crippen molar-refractivity contribution < 1.29 is 22.7 Å². The molecule has 0 atom stereocenters. The number of rotatable bonds is 6. The van der Waals surface area contributed by atoms with Crippen molar-refractivity contribution in [3.8, 4) is 11.5 Å². The van der Waals surface area contributed by atoms with Gasteiger partial charge in [0.1, 0.15) is 17.0 Å². The van der Waals surface area contributed by atoms with Crippen molar-refractivity contribution in [3.05, 3.63) is 72.7 Å². The van der Waals surface area contributed by atoms with Crippen LogP contribution in [0, 0.1) is 12.1 Å². The number of benzene rings is 1. The molecule has 2 aromatic heterocycles. The maximum absolute atomic E-state index is 12.6. The van der Waals surface area contributed by atoms with Crippen molar-refractivity contribution in [2.75, 3.05) is 12.4 Å². The van der Waals surface area contributed by atoms with Gasteiger partial charge in [0.05, 0.1) is 0 Å². The monoisotopic (exact) mass is 469 g/mol. The summed E-state index contributed by atoms with van der Waals surface area (Å²) in [5.74, 6) is 0.575. The van der Waals surface area contributed by atoms with Gasteiger partial charge in [-0.3, -0.25) is 9.78 Å². The molecule has 0 aliphatic carbocycles. The van der Waals surface area contributed by atoms with Crippen LogP contribution in [0.15, 0.2) is 59.8 Å². The van der Waals surface area contributed by atoms with Gasteiger partial charge in [-0.25, -0.2) is 9.97 Å². The molecule has 33 heavy (non-hydrogen) atoms. The Morgan fingerprint density at radius 3 is 2.76 bits per heavy atom. The average Bonchev–Trinajstić information content (AvgIpc) is 2.78. The van der Waals surface area contributed by atoms with Gasteiger partial charge in [-0.2, -0.15) is 13.2 Å². The van der Waals surface area contributed by atoms with E-state index < -0.39 is 5.51 Å². The highest BCUT2D eigenvalue weighted by molar-refractivity contribution is 8.00. The van der Waals surface area contributed by atoms with Gasteiger partial charge in [-0.15, -0.1) is 0 Å². The Bertz CT molecular complexity index is 1320. The van der Waals surface area contributed by atoms with Crippen LogP contribution < -0.4 is 15.4 Å². The van der Waals surface area contributed by atoms with Gasteiger partial charge in [-0.1, -0.05) is 6.07 Å². The molecule has 0 radical (unpaired) electrons. The minimum absolute atomic E-state index is 0.0469. The Morgan fingerprint density at radius 1 is 1.12 bits per heavy atom. The lowest BCUT2D eigenvalue weighted by Gasteiger charge is -2.09. The highest BCUT2D eigenvalue weighted by Crippen LogP contribution is 2.37. The smallest absolute Gasteiger partial charge is 0.446 e. The molecule has 1 amide bonds. The number of pyridine rings is 1. The standard InChI is InChI=1S/C22H14F3N5O2S/c1-26-20(31)19-11-16(7-8-27-19)32-15-5-6-18-13(9-15)12-28-21(30-18)29-14-3-2-4-17(10-14)33-22(23,24)25/h2-4,7-12H,1H3,(H,26,31)(H,28,29,30). The molecule has 7 nitrogen and oxygen atoms in total. The number of carbonyl (C=O) groups excluding carboxylic acids is 1.